The summed E-state index contributed by atoms with van der Waals surface area (Å²) in [5.41, 5.74) is 1.29. The van der Waals surface area contributed by atoms with E-state index in [4.69, 9.17) is 29.8 Å². The van der Waals surface area contributed by atoms with Crippen LogP contribution in [0.5, 0.6) is 0 Å². The van der Waals surface area contributed by atoms with Crippen molar-refractivity contribution in [2.75, 3.05) is 18.0 Å². The van der Waals surface area contributed by atoms with Gasteiger partial charge in [-0.15, -0.1) is 0 Å². The summed E-state index contributed by atoms with van der Waals surface area (Å²) in [6, 6.07) is 11.3. The first kappa shape index (κ1) is 20.0. The van der Waals surface area contributed by atoms with E-state index < -0.39 is 10.0 Å². The van der Waals surface area contributed by atoms with E-state index in [-0.39, 0.29) is 17.0 Å². The molecule has 2 aromatic rings. The maximum Gasteiger partial charge on any atom is 0.243 e. The Hall–Kier alpha value is -1.78. The molecule has 0 radical (unpaired) electrons. The van der Waals surface area contributed by atoms with Gasteiger partial charge in [0.1, 0.15) is 0 Å². The minimum absolute atomic E-state index is 0.0434. The molecule has 0 amide bonds. The quantitative estimate of drug-likeness (QED) is 0.663. The molecule has 8 heteroatoms. The van der Waals surface area contributed by atoms with Crippen molar-refractivity contribution >= 4 is 44.6 Å². The van der Waals surface area contributed by atoms with Crippen molar-refractivity contribution in [2.24, 2.45) is 0 Å². The number of rotatable bonds is 3. The normalized spacial score (nSPS) is 21.1. The molecule has 1 fully saturated rings. The molecule has 142 valence electrons. The smallest absolute Gasteiger partial charge is 0.243 e. The lowest BCUT2D eigenvalue weighted by Crippen LogP contribution is -2.58. The fourth-order valence-corrected chi connectivity index (χ4v) is 5.34. The van der Waals surface area contributed by atoms with Crippen LogP contribution in [-0.4, -0.2) is 37.9 Å². The molecule has 0 N–H and O–H groups in total. The van der Waals surface area contributed by atoms with E-state index in [1.54, 1.807) is 24.3 Å². The van der Waals surface area contributed by atoms with E-state index in [1.165, 1.54) is 16.4 Å². The number of piperazine rings is 1. The predicted octanol–water partition coefficient (Wildman–Crippen LogP) is 4.83. The van der Waals surface area contributed by atoms with Gasteiger partial charge in [0.05, 0.1) is 11.5 Å². The number of benzene rings is 2. The monoisotopic (exact) mass is 423 g/mol. The van der Waals surface area contributed by atoms with E-state index >= 15 is 0 Å². The van der Waals surface area contributed by atoms with Crippen molar-refractivity contribution < 1.29 is 8.42 Å². The number of anilines is 1. The highest BCUT2D eigenvalue weighted by Crippen LogP contribution is 2.33. The Kier molecular flexibility index (Phi) is 5.68. The molecule has 0 spiro atoms. The Morgan fingerprint density at radius 1 is 1.04 bits per heavy atom. The minimum atomic E-state index is -3.60. The van der Waals surface area contributed by atoms with Crippen molar-refractivity contribution in [3.8, 4) is 0 Å². The van der Waals surface area contributed by atoms with Gasteiger partial charge in [-0.25, -0.2) is 13.3 Å². The van der Waals surface area contributed by atoms with Crippen LogP contribution >= 0.6 is 23.2 Å². The molecule has 1 aliphatic heterocycles. The van der Waals surface area contributed by atoms with Crippen LogP contribution in [0.15, 0.2) is 47.4 Å². The standard InChI is InChI=1S/C19H19Cl2N3O2S/c1-13-12-24(27(25,26)17-7-4-15(20)5-8-17)14(2)11-23(13)16-6-9-19(22-3)18(21)10-16/h4-10,13-14H,11-12H2,1-2H3/t13-,14+/m0/s1. The number of halogens is 2. The topological polar surface area (TPSA) is 45.0 Å². The first-order valence-electron chi connectivity index (χ1n) is 8.45. The van der Waals surface area contributed by atoms with Crippen molar-refractivity contribution in [3.05, 3.63) is 63.9 Å². The summed E-state index contributed by atoms with van der Waals surface area (Å²) in [5, 5.41) is 0.901. The Morgan fingerprint density at radius 2 is 1.70 bits per heavy atom. The summed E-state index contributed by atoms with van der Waals surface area (Å²) in [6.07, 6.45) is 0. The maximum atomic E-state index is 13.0. The summed E-state index contributed by atoms with van der Waals surface area (Å²) < 4.78 is 27.6. The highest BCUT2D eigenvalue weighted by Gasteiger charge is 2.37. The highest BCUT2D eigenvalue weighted by molar-refractivity contribution is 7.89. The summed E-state index contributed by atoms with van der Waals surface area (Å²) in [7, 11) is -3.60. The second-order valence-electron chi connectivity index (χ2n) is 6.63. The molecule has 1 saturated heterocycles. The molecule has 0 aliphatic carbocycles. The minimum Gasteiger partial charge on any atom is -0.366 e. The van der Waals surface area contributed by atoms with Gasteiger partial charge in [-0.3, -0.25) is 0 Å². The van der Waals surface area contributed by atoms with Gasteiger partial charge in [0.2, 0.25) is 15.7 Å². The lowest BCUT2D eigenvalue weighted by atomic mass is 10.1. The molecule has 0 saturated carbocycles. The van der Waals surface area contributed by atoms with Crippen LogP contribution in [0.25, 0.3) is 4.85 Å². The zero-order valence-electron chi connectivity index (χ0n) is 14.9. The third-order valence-electron chi connectivity index (χ3n) is 4.73. The molecule has 2 atom stereocenters. The van der Waals surface area contributed by atoms with Gasteiger partial charge in [-0.05, 0) is 50.2 Å². The molecule has 0 unspecified atom stereocenters. The largest absolute Gasteiger partial charge is 0.366 e. The van der Waals surface area contributed by atoms with Gasteiger partial charge >= 0.3 is 0 Å². The predicted molar refractivity (Wildman–Crippen MR) is 109 cm³/mol. The Labute approximate surface area is 170 Å². The van der Waals surface area contributed by atoms with E-state index in [2.05, 4.69) is 9.74 Å². The molecule has 0 bridgehead atoms. The molecular weight excluding hydrogens is 405 g/mol. The Balaban J connectivity index is 1.86. The van der Waals surface area contributed by atoms with Crippen LogP contribution in [-0.2, 0) is 10.0 Å². The second-order valence-corrected chi connectivity index (χ2v) is 9.36. The average molecular weight is 424 g/mol. The molecular formula is C19H19Cl2N3O2S. The van der Waals surface area contributed by atoms with Gasteiger partial charge in [-0.2, -0.15) is 4.31 Å². The van der Waals surface area contributed by atoms with Crippen LogP contribution in [0, 0.1) is 6.57 Å². The maximum absolute atomic E-state index is 13.0. The van der Waals surface area contributed by atoms with Crippen LogP contribution in [0.2, 0.25) is 10.0 Å². The lowest BCUT2D eigenvalue weighted by Gasteiger charge is -2.44. The van der Waals surface area contributed by atoms with Crippen LogP contribution in [0.4, 0.5) is 11.4 Å². The van der Waals surface area contributed by atoms with Crippen LogP contribution < -0.4 is 4.90 Å². The fraction of sp³-hybridized carbons (Fsp3) is 0.316. The van der Waals surface area contributed by atoms with E-state index in [0.29, 0.717) is 28.8 Å². The number of nitrogens with zero attached hydrogens (tertiary/aromatic N) is 3. The fourth-order valence-electron chi connectivity index (χ4n) is 3.30. The number of hydrogen-bond acceptors (Lipinski definition) is 3. The molecule has 5 nitrogen and oxygen atoms in total. The zero-order valence-corrected chi connectivity index (χ0v) is 17.3. The van der Waals surface area contributed by atoms with Crippen molar-refractivity contribution in [1.82, 2.24) is 4.31 Å². The molecule has 0 aromatic heterocycles. The van der Waals surface area contributed by atoms with Crippen molar-refractivity contribution in [1.29, 1.82) is 0 Å². The number of hydrogen-bond donors (Lipinski definition) is 0. The highest BCUT2D eigenvalue weighted by atomic mass is 35.5. The molecule has 2 aromatic carbocycles. The molecule has 1 heterocycles. The van der Waals surface area contributed by atoms with Gasteiger partial charge in [0, 0.05) is 40.9 Å². The van der Waals surface area contributed by atoms with E-state index in [0.717, 1.165) is 5.69 Å². The SMILES string of the molecule is [C-]#[N+]c1ccc(N2C[C@@H](C)N(S(=O)(=O)c3ccc(Cl)cc3)C[C@@H]2C)cc1Cl. The van der Waals surface area contributed by atoms with Crippen molar-refractivity contribution in [2.45, 2.75) is 30.8 Å². The first-order valence-corrected chi connectivity index (χ1v) is 10.6. The summed E-state index contributed by atoms with van der Waals surface area (Å²) in [5.74, 6) is 0. The van der Waals surface area contributed by atoms with Crippen molar-refractivity contribution in [3.63, 3.8) is 0 Å². The second kappa shape index (κ2) is 7.69. The first-order chi connectivity index (χ1) is 12.7. The van der Waals surface area contributed by atoms with Gasteiger partial charge in [0.25, 0.3) is 0 Å². The van der Waals surface area contributed by atoms with E-state index in [1.807, 2.05) is 19.9 Å². The summed E-state index contributed by atoms with van der Waals surface area (Å²) >= 11 is 12.0. The Morgan fingerprint density at radius 3 is 2.30 bits per heavy atom. The number of sulfonamides is 1. The van der Waals surface area contributed by atoms with Gasteiger partial charge < -0.3 is 4.90 Å². The van der Waals surface area contributed by atoms with Crippen LogP contribution in [0.1, 0.15) is 13.8 Å². The lowest BCUT2D eigenvalue weighted by molar-refractivity contribution is 0.273. The molecule has 1 aliphatic rings. The third kappa shape index (κ3) is 3.92. The molecule has 27 heavy (non-hydrogen) atoms. The zero-order chi connectivity index (χ0) is 19.8. The van der Waals surface area contributed by atoms with Gasteiger partial charge in [-0.1, -0.05) is 29.3 Å². The molecule has 3 rings (SSSR count). The summed E-state index contributed by atoms with van der Waals surface area (Å²) in [6.45, 7) is 11.9. The Bertz CT molecular complexity index is 987. The summed E-state index contributed by atoms with van der Waals surface area (Å²) in [4.78, 5) is 5.74. The van der Waals surface area contributed by atoms with E-state index in [9.17, 15) is 8.42 Å². The third-order valence-corrected chi connectivity index (χ3v) is 7.28. The van der Waals surface area contributed by atoms with Gasteiger partial charge in [0.15, 0.2) is 0 Å². The van der Waals surface area contributed by atoms with Crippen LogP contribution in [0.3, 0.4) is 0 Å². The average Bonchev–Trinajstić information content (AvgIpc) is 2.63.